The summed E-state index contributed by atoms with van der Waals surface area (Å²) in [5.41, 5.74) is -2.62. The van der Waals surface area contributed by atoms with Gasteiger partial charge in [0.1, 0.15) is 29.8 Å². The van der Waals surface area contributed by atoms with Crippen molar-refractivity contribution in [3.63, 3.8) is 0 Å². The molecule has 0 spiro atoms. The van der Waals surface area contributed by atoms with Crippen molar-refractivity contribution in [2.45, 2.75) is 135 Å². The van der Waals surface area contributed by atoms with E-state index in [4.69, 9.17) is 14.2 Å². The van der Waals surface area contributed by atoms with E-state index in [-0.39, 0.29) is 41.0 Å². The van der Waals surface area contributed by atoms with Gasteiger partial charge in [0.15, 0.2) is 6.29 Å². The normalized spacial score (nSPS) is 51.7. The molecule has 4 saturated carbocycles. The van der Waals surface area contributed by atoms with Gasteiger partial charge < -0.3 is 55.1 Å². The van der Waals surface area contributed by atoms with Crippen LogP contribution in [0.3, 0.4) is 0 Å². The van der Waals surface area contributed by atoms with E-state index in [1.165, 1.54) is 12.7 Å². The molecule has 1 aliphatic heterocycles. The monoisotopic (exact) mass is 696 g/mol. The molecular weight excluding hydrogens is 636 g/mol. The van der Waals surface area contributed by atoms with Crippen LogP contribution in [0.25, 0.3) is 0 Å². The summed E-state index contributed by atoms with van der Waals surface area (Å²) < 4.78 is 17.2. The fourth-order valence-electron chi connectivity index (χ4n) is 12.6. The van der Waals surface area contributed by atoms with E-state index >= 15 is 0 Å². The predicted octanol–water partition coefficient (Wildman–Crippen LogP) is 1.03. The van der Waals surface area contributed by atoms with E-state index in [1.54, 1.807) is 0 Å². The molecule has 6 rings (SSSR count). The highest BCUT2D eigenvalue weighted by Crippen LogP contribution is 2.76. The average Bonchev–Trinajstić information content (AvgIpc) is 3.05. The molecule has 49 heavy (non-hydrogen) atoms. The summed E-state index contributed by atoms with van der Waals surface area (Å²) in [6.45, 7) is 9.38. The molecule has 15 atom stereocenters. The number of aliphatic hydroxyl groups excluding tert-OH is 8. The molecule has 6 aliphatic rings. The summed E-state index contributed by atoms with van der Waals surface area (Å²) in [4.78, 5) is 13.6. The molecule has 0 bridgehead atoms. The second-order valence-electron chi connectivity index (χ2n) is 18.0. The molecule has 5 aliphatic carbocycles. The number of hydrogen-bond donors (Lipinski definition) is 8. The number of carbonyl (C=O) groups excluding carboxylic acids is 1. The lowest BCUT2D eigenvalue weighted by molar-refractivity contribution is -0.349. The third kappa shape index (κ3) is 5.02. The molecule has 0 aromatic heterocycles. The van der Waals surface area contributed by atoms with Crippen molar-refractivity contribution in [1.29, 1.82) is 0 Å². The predicted molar refractivity (Wildman–Crippen MR) is 175 cm³/mol. The summed E-state index contributed by atoms with van der Waals surface area (Å²) in [5, 5.41) is 87.4. The quantitative estimate of drug-likeness (QED) is 0.111. The van der Waals surface area contributed by atoms with Crippen LogP contribution in [-0.2, 0) is 19.0 Å². The Hall–Kier alpha value is -1.19. The van der Waals surface area contributed by atoms with Gasteiger partial charge in [-0.15, -0.1) is 0 Å². The maximum Gasteiger partial charge on any atom is 0.315 e. The Morgan fingerprint density at radius 3 is 2.16 bits per heavy atom. The fourth-order valence-corrected chi connectivity index (χ4v) is 12.6. The van der Waals surface area contributed by atoms with Gasteiger partial charge in [0.05, 0.1) is 45.2 Å². The first kappa shape index (κ1) is 37.6. The van der Waals surface area contributed by atoms with Gasteiger partial charge in [-0.05, 0) is 90.8 Å². The first-order valence-corrected chi connectivity index (χ1v) is 18.2. The summed E-state index contributed by atoms with van der Waals surface area (Å²) >= 11 is 0. The van der Waals surface area contributed by atoms with Gasteiger partial charge in [-0.3, -0.25) is 4.79 Å². The van der Waals surface area contributed by atoms with E-state index in [9.17, 15) is 45.6 Å². The minimum Gasteiger partial charge on any atom is -0.468 e. The Morgan fingerprint density at radius 1 is 0.878 bits per heavy atom. The molecule has 1 heterocycles. The van der Waals surface area contributed by atoms with E-state index in [2.05, 4.69) is 40.7 Å². The zero-order valence-corrected chi connectivity index (χ0v) is 29.9. The molecular formula is C37H60O12. The lowest BCUT2D eigenvalue weighted by Crippen LogP contribution is -2.71. The minimum absolute atomic E-state index is 0.0201. The van der Waals surface area contributed by atoms with Crippen molar-refractivity contribution >= 4 is 5.97 Å². The third-order valence-corrected chi connectivity index (χ3v) is 15.5. The highest BCUT2D eigenvalue weighted by atomic mass is 16.7. The number of rotatable bonds is 6. The molecule has 12 nitrogen and oxygen atoms in total. The van der Waals surface area contributed by atoms with Crippen LogP contribution in [0, 0.1) is 50.2 Å². The van der Waals surface area contributed by atoms with Crippen molar-refractivity contribution in [3.05, 3.63) is 11.6 Å². The minimum atomic E-state index is -1.70. The number of fused-ring (bicyclic) bond motifs is 7. The Morgan fingerprint density at radius 2 is 1.55 bits per heavy atom. The number of ether oxygens (including phenoxy) is 3. The summed E-state index contributed by atoms with van der Waals surface area (Å²) in [5.74, 6) is -0.880. The molecule has 0 unspecified atom stereocenters. The lowest BCUT2D eigenvalue weighted by Gasteiger charge is -2.72. The fraction of sp³-hybridized carbons (Fsp3) is 0.919. The average molecular weight is 697 g/mol. The van der Waals surface area contributed by atoms with Crippen LogP contribution in [-0.4, -0.2) is 123 Å². The first-order chi connectivity index (χ1) is 22.9. The number of carbonyl (C=O) groups is 1. The van der Waals surface area contributed by atoms with Gasteiger partial charge in [0, 0.05) is 5.41 Å². The van der Waals surface area contributed by atoms with Crippen molar-refractivity contribution in [1.82, 2.24) is 0 Å². The van der Waals surface area contributed by atoms with Crippen molar-refractivity contribution in [2.75, 3.05) is 26.9 Å². The van der Waals surface area contributed by atoms with Gasteiger partial charge in [-0.2, -0.15) is 0 Å². The van der Waals surface area contributed by atoms with Crippen molar-refractivity contribution in [3.8, 4) is 0 Å². The van der Waals surface area contributed by atoms with E-state index in [1.807, 2.05) is 0 Å². The summed E-state index contributed by atoms with van der Waals surface area (Å²) in [7, 11) is 1.40. The number of methoxy groups -OCH3 is 1. The standard InChI is InChI=1S/C37H60O12/c1-32(2)11-12-37(31(46)47-6)20(13-32)19-7-8-23-33(3)14-21(41)29(49-30-28(45)27(44)26(43)22(16-38)48-30)36(17-39,18-40)24(33)9-10-34(23,4)35(19,5)15-25(37)42/h7,20-30,38-45H,8-18H2,1-6H3/t20-,21-,22-,23+,24+,25+,26-,27+,28+,29-,30+,33+,34+,35+,37+/m0/s1. The molecule has 1 saturated heterocycles. The molecule has 5 fully saturated rings. The molecule has 8 N–H and O–H groups in total. The second kappa shape index (κ2) is 12.5. The number of hydrogen-bond acceptors (Lipinski definition) is 12. The summed E-state index contributed by atoms with van der Waals surface area (Å²) in [6, 6.07) is 0. The molecule has 280 valence electrons. The zero-order chi connectivity index (χ0) is 36.1. The highest BCUT2D eigenvalue weighted by molar-refractivity contribution is 5.79. The molecule has 12 heteroatoms. The molecule has 0 aromatic rings. The number of allylic oxidation sites excluding steroid dienone is 2. The highest BCUT2D eigenvalue weighted by Gasteiger charge is 2.73. The van der Waals surface area contributed by atoms with Crippen LogP contribution in [0.1, 0.15) is 86.0 Å². The van der Waals surface area contributed by atoms with E-state index in [0.717, 1.165) is 12.8 Å². The Labute approximate surface area is 289 Å². The number of aliphatic hydroxyl groups is 8. The van der Waals surface area contributed by atoms with Crippen LogP contribution in [0.15, 0.2) is 11.6 Å². The van der Waals surface area contributed by atoms with Gasteiger partial charge in [-0.25, -0.2) is 0 Å². The Balaban J connectivity index is 1.38. The zero-order valence-electron chi connectivity index (χ0n) is 29.9. The first-order valence-electron chi connectivity index (χ1n) is 18.2. The smallest absolute Gasteiger partial charge is 0.315 e. The van der Waals surface area contributed by atoms with Gasteiger partial charge in [-0.1, -0.05) is 46.3 Å². The lowest BCUT2D eigenvalue weighted by atomic mass is 9.33. The Kier molecular flexibility index (Phi) is 9.55. The van der Waals surface area contributed by atoms with Crippen LogP contribution < -0.4 is 0 Å². The SMILES string of the molecule is COC(=O)[C@]12CCC(C)(C)C[C@H]1C1=CC[C@@H]3[C@@]4(C)C[C@H](O)[C@H](O[C@H]5O[C@@H](CO)[C@H](O)[C@@H](O)[C@H]5O)C(CO)(CO)[C@@H]4CC[C@@]3(C)[C@]1(C)C[C@H]2O. The number of esters is 1. The Bertz CT molecular complexity index is 1300. The maximum absolute atomic E-state index is 13.6. The van der Waals surface area contributed by atoms with E-state index < -0.39 is 90.5 Å². The van der Waals surface area contributed by atoms with Gasteiger partial charge in [0.2, 0.25) is 0 Å². The topological polar surface area (TPSA) is 207 Å². The van der Waals surface area contributed by atoms with E-state index in [0.29, 0.717) is 32.1 Å². The van der Waals surface area contributed by atoms with Crippen molar-refractivity contribution in [2.24, 2.45) is 50.2 Å². The van der Waals surface area contributed by atoms with Crippen molar-refractivity contribution < 1.29 is 59.9 Å². The van der Waals surface area contributed by atoms with Crippen LogP contribution >= 0.6 is 0 Å². The van der Waals surface area contributed by atoms with Crippen LogP contribution in [0.5, 0.6) is 0 Å². The van der Waals surface area contributed by atoms with Gasteiger partial charge >= 0.3 is 5.97 Å². The second-order valence-corrected chi connectivity index (χ2v) is 18.0. The van der Waals surface area contributed by atoms with Crippen LogP contribution in [0.2, 0.25) is 0 Å². The molecule has 0 aromatic carbocycles. The third-order valence-electron chi connectivity index (χ3n) is 15.5. The molecule has 0 amide bonds. The molecule has 0 radical (unpaired) electrons. The van der Waals surface area contributed by atoms with Crippen LogP contribution in [0.4, 0.5) is 0 Å². The van der Waals surface area contributed by atoms with Gasteiger partial charge in [0.25, 0.3) is 0 Å². The maximum atomic E-state index is 13.6. The largest absolute Gasteiger partial charge is 0.468 e. The summed E-state index contributed by atoms with van der Waals surface area (Å²) in [6.07, 6.45) is -4.02.